The lowest BCUT2D eigenvalue weighted by atomic mass is 9.93. The minimum atomic E-state index is -0.403. The number of hydrogen-bond donors (Lipinski definition) is 1. The fourth-order valence-corrected chi connectivity index (χ4v) is 3.60. The fraction of sp³-hybridized carbons (Fsp3) is 0.824. The van der Waals surface area contributed by atoms with Crippen LogP contribution in [0.2, 0.25) is 0 Å². The Morgan fingerprint density at radius 2 is 1.74 bits per heavy atom. The van der Waals surface area contributed by atoms with Gasteiger partial charge >= 0.3 is 0 Å². The zero-order valence-electron chi connectivity index (χ0n) is 14.9. The molecule has 6 heteroatoms. The summed E-state index contributed by atoms with van der Waals surface area (Å²) in [6.07, 6.45) is 1.60. The summed E-state index contributed by atoms with van der Waals surface area (Å²) in [6.45, 7) is 10.9. The standard InChI is InChI=1S/C17H29N3O3/c1-11-9-19(16(23)17(3,4)5)10-12(2)20(11)15(22)8-13-6-7-14(21)18-13/h11-13H,6-10H2,1-5H3,(H,18,21)/t11-,12+,13-/m0/s1. The number of rotatable bonds is 2. The van der Waals surface area contributed by atoms with Gasteiger partial charge in [-0.25, -0.2) is 0 Å². The van der Waals surface area contributed by atoms with Crippen molar-refractivity contribution in [3.05, 3.63) is 0 Å². The molecule has 3 amide bonds. The molecule has 0 aliphatic carbocycles. The van der Waals surface area contributed by atoms with E-state index < -0.39 is 5.41 Å². The molecule has 2 saturated heterocycles. The monoisotopic (exact) mass is 323 g/mol. The van der Waals surface area contributed by atoms with Crippen molar-refractivity contribution >= 4 is 17.7 Å². The summed E-state index contributed by atoms with van der Waals surface area (Å²) in [4.78, 5) is 40.1. The van der Waals surface area contributed by atoms with Crippen molar-refractivity contribution in [2.45, 2.75) is 72.0 Å². The first-order valence-corrected chi connectivity index (χ1v) is 8.49. The molecular weight excluding hydrogens is 294 g/mol. The quantitative estimate of drug-likeness (QED) is 0.829. The lowest BCUT2D eigenvalue weighted by Crippen LogP contribution is -2.61. The van der Waals surface area contributed by atoms with Gasteiger partial charge in [-0.2, -0.15) is 0 Å². The largest absolute Gasteiger partial charge is 0.353 e. The van der Waals surface area contributed by atoms with Gasteiger partial charge in [0.25, 0.3) is 0 Å². The van der Waals surface area contributed by atoms with Crippen molar-refractivity contribution in [3.8, 4) is 0 Å². The Kier molecular flexibility index (Phi) is 5.01. The predicted octanol–water partition coefficient (Wildman–Crippen LogP) is 1.15. The lowest BCUT2D eigenvalue weighted by molar-refractivity contribution is -0.150. The molecule has 0 bridgehead atoms. The van der Waals surface area contributed by atoms with Gasteiger partial charge < -0.3 is 15.1 Å². The SMILES string of the molecule is C[C@@H]1CN(C(=O)C(C)(C)C)C[C@H](C)N1C(=O)C[C@@H]1CCC(=O)N1. The van der Waals surface area contributed by atoms with Gasteiger partial charge in [0.05, 0.1) is 0 Å². The molecule has 0 unspecified atom stereocenters. The van der Waals surface area contributed by atoms with Crippen LogP contribution < -0.4 is 5.32 Å². The Balaban J connectivity index is 1.98. The van der Waals surface area contributed by atoms with Crippen molar-refractivity contribution in [3.63, 3.8) is 0 Å². The summed E-state index contributed by atoms with van der Waals surface area (Å²) in [5.41, 5.74) is -0.403. The van der Waals surface area contributed by atoms with E-state index in [0.29, 0.717) is 25.9 Å². The van der Waals surface area contributed by atoms with E-state index in [9.17, 15) is 14.4 Å². The number of hydrogen-bond acceptors (Lipinski definition) is 3. The van der Waals surface area contributed by atoms with Crippen LogP contribution in [-0.4, -0.2) is 58.7 Å². The minimum absolute atomic E-state index is 0.00495. The molecule has 0 aromatic rings. The number of nitrogens with one attached hydrogen (secondary N) is 1. The third-order valence-corrected chi connectivity index (χ3v) is 4.64. The maximum atomic E-state index is 12.6. The Labute approximate surface area is 138 Å². The molecule has 2 aliphatic rings. The van der Waals surface area contributed by atoms with Crippen molar-refractivity contribution in [2.24, 2.45) is 5.41 Å². The van der Waals surface area contributed by atoms with Gasteiger partial charge in [-0.05, 0) is 20.3 Å². The highest BCUT2D eigenvalue weighted by Crippen LogP contribution is 2.24. The molecular formula is C17H29N3O3. The van der Waals surface area contributed by atoms with Gasteiger partial charge in [0.15, 0.2) is 0 Å². The summed E-state index contributed by atoms with van der Waals surface area (Å²) < 4.78 is 0. The molecule has 0 spiro atoms. The van der Waals surface area contributed by atoms with Crippen LogP contribution in [-0.2, 0) is 14.4 Å². The fourth-order valence-electron chi connectivity index (χ4n) is 3.60. The van der Waals surface area contributed by atoms with E-state index in [1.807, 2.05) is 44.4 Å². The first-order valence-electron chi connectivity index (χ1n) is 8.49. The normalized spacial score (nSPS) is 28.7. The molecule has 0 aromatic heterocycles. The van der Waals surface area contributed by atoms with Crippen molar-refractivity contribution in [1.29, 1.82) is 0 Å². The van der Waals surface area contributed by atoms with Crippen LogP contribution in [0.4, 0.5) is 0 Å². The van der Waals surface area contributed by atoms with E-state index in [1.54, 1.807) is 0 Å². The average Bonchev–Trinajstić information content (AvgIpc) is 2.81. The highest BCUT2D eigenvalue weighted by Gasteiger charge is 2.38. The molecule has 6 nitrogen and oxygen atoms in total. The zero-order valence-corrected chi connectivity index (χ0v) is 14.9. The topological polar surface area (TPSA) is 69.7 Å². The average molecular weight is 323 g/mol. The van der Waals surface area contributed by atoms with E-state index >= 15 is 0 Å². The second-order valence-electron chi connectivity index (χ2n) is 7.97. The van der Waals surface area contributed by atoms with Gasteiger partial charge in [-0.15, -0.1) is 0 Å². The van der Waals surface area contributed by atoms with E-state index in [2.05, 4.69) is 5.32 Å². The van der Waals surface area contributed by atoms with Crippen LogP contribution in [0.15, 0.2) is 0 Å². The molecule has 2 aliphatic heterocycles. The smallest absolute Gasteiger partial charge is 0.228 e. The molecule has 2 fully saturated rings. The molecule has 0 radical (unpaired) electrons. The van der Waals surface area contributed by atoms with Crippen molar-refractivity contribution in [1.82, 2.24) is 15.1 Å². The first-order chi connectivity index (χ1) is 10.6. The number of amides is 3. The van der Waals surface area contributed by atoms with E-state index in [4.69, 9.17) is 0 Å². The summed E-state index contributed by atoms with van der Waals surface area (Å²) >= 11 is 0. The third kappa shape index (κ3) is 4.03. The maximum absolute atomic E-state index is 12.6. The number of nitrogens with zero attached hydrogens (tertiary/aromatic N) is 2. The summed E-state index contributed by atoms with van der Waals surface area (Å²) in [6, 6.07) is -0.0482. The van der Waals surface area contributed by atoms with Crippen LogP contribution in [0.3, 0.4) is 0 Å². The van der Waals surface area contributed by atoms with E-state index in [0.717, 1.165) is 6.42 Å². The first kappa shape index (κ1) is 17.8. The van der Waals surface area contributed by atoms with Gasteiger partial charge in [0.2, 0.25) is 17.7 Å². The molecule has 2 rings (SSSR count). The summed E-state index contributed by atoms with van der Waals surface area (Å²) in [5, 5.41) is 2.85. The van der Waals surface area contributed by atoms with Crippen LogP contribution in [0.1, 0.15) is 53.9 Å². The number of carbonyl (C=O) groups excluding carboxylic acids is 3. The minimum Gasteiger partial charge on any atom is -0.353 e. The lowest BCUT2D eigenvalue weighted by Gasteiger charge is -2.46. The van der Waals surface area contributed by atoms with Gasteiger partial charge in [-0.1, -0.05) is 20.8 Å². The highest BCUT2D eigenvalue weighted by atomic mass is 16.2. The summed E-state index contributed by atoms with van der Waals surface area (Å²) in [7, 11) is 0. The van der Waals surface area contributed by atoms with E-state index in [-0.39, 0.29) is 35.8 Å². The highest BCUT2D eigenvalue weighted by molar-refractivity contribution is 5.84. The molecule has 1 N–H and O–H groups in total. The van der Waals surface area contributed by atoms with Crippen LogP contribution in [0.25, 0.3) is 0 Å². The second-order valence-corrected chi connectivity index (χ2v) is 7.97. The Morgan fingerprint density at radius 1 is 1.17 bits per heavy atom. The Morgan fingerprint density at radius 3 is 2.17 bits per heavy atom. The second kappa shape index (κ2) is 6.49. The predicted molar refractivity (Wildman–Crippen MR) is 87.6 cm³/mol. The van der Waals surface area contributed by atoms with Crippen molar-refractivity contribution < 1.29 is 14.4 Å². The van der Waals surface area contributed by atoms with Crippen LogP contribution in [0.5, 0.6) is 0 Å². The molecule has 23 heavy (non-hydrogen) atoms. The van der Waals surface area contributed by atoms with Crippen molar-refractivity contribution in [2.75, 3.05) is 13.1 Å². The molecule has 0 aromatic carbocycles. The zero-order chi connectivity index (χ0) is 17.4. The van der Waals surface area contributed by atoms with E-state index in [1.165, 1.54) is 0 Å². The van der Waals surface area contributed by atoms with Gasteiger partial charge in [-0.3, -0.25) is 14.4 Å². The van der Waals surface area contributed by atoms with Crippen LogP contribution in [0, 0.1) is 5.41 Å². The molecule has 130 valence electrons. The third-order valence-electron chi connectivity index (χ3n) is 4.64. The number of piperazine rings is 1. The number of carbonyl (C=O) groups is 3. The Bertz CT molecular complexity index is 486. The van der Waals surface area contributed by atoms with Gasteiger partial charge in [0.1, 0.15) is 0 Å². The summed E-state index contributed by atoms with van der Waals surface area (Å²) in [5.74, 6) is 0.232. The Hall–Kier alpha value is -1.59. The molecule has 0 saturated carbocycles. The molecule has 3 atom stereocenters. The molecule has 2 heterocycles. The maximum Gasteiger partial charge on any atom is 0.228 e. The van der Waals surface area contributed by atoms with Crippen LogP contribution >= 0.6 is 0 Å². The van der Waals surface area contributed by atoms with Gasteiger partial charge in [0, 0.05) is 49.5 Å².